The van der Waals surface area contributed by atoms with E-state index < -0.39 is 6.10 Å². The van der Waals surface area contributed by atoms with Crippen LogP contribution in [0.25, 0.3) is 11.0 Å². The van der Waals surface area contributed by atoms with Gasteiger partial charge in [-0.15, -0.1) is 0 Å². The Bertz CT molecular complexity index is 922. The third-order valence-electron chi connectivity index (χ3n) is 5.70. The zero-order valence-corrected chi connectivity index (χ0v) is 16.5. The molecule has 0 spiro atoms. The van der Waals surface area contributed by atoms with Gasteiger partial charge in [-0.1, -0.05) is 19.1 Å². The van der Waals surface area contributed by atoms with Crippen LogP contribution in [0.1, 0.15) is 43.5 Å². The van der Waals surface area contributed by atoms with Gasteiger partial charge in [0.1, 0.15) is 5.82 Å². The van der Waals surface area contributed by atoms with Crippen LogP contribution in [0.5, 0.6) is 0 Å². The number of anilines is 1. The molecule has 1 aromatic carbocycles. The third kappa shape index (κ3) is 3.84. The molecule has 1 N–H and O–H groups in total. The molecule has 0 amide bonds. The number of aliphatic hydroxyl groups excluding tert-OH is 1. The molecule has 3 heterocycles. The van der Waals surface area contributed by atoms with Gasteiger partial charge >= 0.3 is 0 Å². The van der Waals surface area contributed by atoms with Crippen molar-refractivity contribution in [1.82, 2.24) is 19.9 Å². The fraction of sp³-hybridized carbons (Fsp3) is 0.409. The van der Waals surface area contributed by atoms with Crippen LogP contribution in [0.2, 0.25) is 0 Å². The number of hydrogen-bond donors (Lipinski definition) is 1. The lowest BCUT2D eigenvalue weighted by Gasteiger charge is -2.38. The smallest absolute Gasteiger partial charge is 0.128 e. The molecule has 0 bridgehead atoms. The Kier molecular flexibility index (Phi) is 5.50. The monoisotopic (exact) mass is 377 g/mol. The lowest BCUT2D eigenvalue weighted by Crippen LogP contribution is -2.47. The predicted molar refractivity (Wildman–Crippen MR) is 111 cm³/mol. The number of piperazine rings is 1. The van der Waals surface area contributed by atoms with Gasteiger partial charge in [0.05, 0.1) is 17.1 Å². The SMILES string of the molecule is CCC(O)c1ccc(N2CCN(C(C)c3ccc4nccnc4c3)CC2)nc1. The Morgan fingerprint density at radius 3 is 2.32 bits per heavy atom. The summed E-state index contributed by atoms with van der Waals surface area (Å²) in [6.07, 6.45) is 5.56. The average molecular weight is 377 g/mol. The first-order valence-corrected chi connectivity index (χ1v) is 9.99. The molecule has 6 nitrogen and oxygen atoms in total. The molecular weight excluding hydrogens is 350 g/mol. The third-order valence-corrected chi connectivity index (χ3v) is 5.70. The van der Waals surface area contributed by atoms with E-state index in [2.05, 4.69) is 49.9 Å². The second-order valence-corrected chi connectivity index (χ2v) is 7.38. The van der Waals surface area contributed by atoms with Gasteiger partial charge < -0.3 is 10.0 Å². The molecule has 0 saturated carbocycles. The van der Waals surface area contributed by atoms with Gasteiger partial charge in [-0.2, -0.15) is 0 Å². The molecule has 1 aliphatic heterocycles. The summed E-state index contributed by atoms with van der Waals surface area (Å²) in [4.78, 5) is 18.2. The number of hydrogen-bond acceptors (Lipinski definition) is 6. The highest BCUT2D eigenvalue weighted by Gasteiger charge is 2.23. The fourth-order valence-electron chi connectivity index (χ4n) is 3.81. The highest BCUT2D eigenvalue weighted by Crippen LogP contribution is 2.25. The van der Waals surface area contributed by atoms with Gasteiger partial charge in [0, 0.05) is 50.8 Å². The number of fused-ring (bicyclic) bond motifs is 1. The Labute approximate surface area is 165 Å². The van der Waals surface area contributed by atoms with Crippen molar-refractivity contribution < 1.29 is 5.11 Å². The van der Waals surface area contributed by atoms with E-state index in [-0.39, 0.29) is 0 Å². The van der Waals surface area contributed by atoms with E-state index in [4.69, 9.17) is 0 Å². The second kappa shape index (κ2) is 8.20. The molecule has 146 valence electrons. The molecule has 1 aliphatic rings. The standard InChI is InChI=1S/C22H27N5O/c1-3-21(28)18-5-7-22(25-15-18)27-12-10-26(11-13-27)16(2)17-4-6-19-20(14-17)24-9-8-23-19/h4-9,14-16,21,28H,3,10-13H2,1-2H3. The van der Waals surface area contributed by atoms with Gasteiger partial charge in [-0.05, 0) is 42.7 Å². The summed E-state index contributed by atoms with van der Waals surface area (Å²) in [5.41, 5.74) is 4.05. The topological polar surface area (TPSA) is 65.4 Å². The van der Waals surface area contributed by atoms with E-state index in [1.54, 1.807) is 18.6 Å². The Morgan fingerprint density at radius 1 is 0.929 bits per heavy atom. The van der Waals surface area contributed by atoms with E-state index in [0.717, 1.165) is 48.6 Å². The van der Waals surface area contributed by atoms with Crippen molar-refractivity contribution in [3.05, 3.63) is 60.0 Å². The van der Waals surface area contributed by atoms with Crippen LogP contribution in [-0.2, 0) is 0 Å². The van der Waals surface area contributed by atoms with Crippen LogP contribution in [-0.4, -0.2) is 51.1 Å². The van der Waals surface area contributed by atoms with Crippen LogP contribution in [0.15, 0.2) is 48.9 Å². The van der Waals surface area contributed by atoms with Crippen molar-refractivity contribution >= 4 is 16.9 Å². The molecule has 4 rings (SSSR count). The highest BCUT2D eigenvalue weighted by atomic mass is 16.3. The van der Waals surface area contributed by atoms with Gasteiger partial charge in [-0.25, -0.2) is 4.98 Å². The molecule has 0 aliphatic carbocycles. The minimum absolute atomic E-state index is 0.337. The molecule has 1 saturated heterocycles. The number of nitrogens with zero attached hydrogens (tertiary/aromatic N) is 5. The van der Waals surface area contributed by atoms with E-state index >= 15 is 0 Å². The summed E-state index contributed by atoms with van der Waals surface area (Å²) in [5.74, 6) is 0.986. The maximum Gasteiger partial charge on any atom is 0.128 e. The molecular formula is C22H27N5O. The zero-order chi connectivity index (χ0) is 19.5. The van der Waals surface area contributed by atoms with Crippen molar-refractivity contribution in [2.75, 3.05) is 31.1 Å². The average Bonchev–Trinajstić information content (AvgIpc) is 2.78. The molecule has 0 radical (unpaired) electrons. The minimum atomic E-state index is -0.425. The molecule has 1 fully saturated rings. The largest absolute Gasteiger partial charge is 0.388 e. The molecule has 2 atom stereocenters. The highest BCUT2D eigenvalue weighted by molar-refractivity contribution is 5.74. The van der Waals surface area contributed by atoms with Crippen LogP contribution in [0, 0.1) is 0 Å². The van der Waals surface area contributed by atoms with Crippen LogP contribution in [0.3, 0.4) is 0 Å². The van der Waals surface area contributed by atoms with Crippen molar-refractivity contribution in [3.8, 4) is 0 Å². The predicted octanol–water partition coefficient (Wildman–Crippen LogP) is 3.35. The van der Waals surface area contributed by atoms with Crippen LogP contribution < -0.4 is 4.90 Å². The van der Waals surface area contributed by atoms with E-state index in [9.17, 15) is 5.11 Å². The van der Waals surface area contributed by atoms with Crippen LogP contribution >= 0.6 is 0 Å². The quantitative estimate of drug-likeness (QED) is 0.736. The molecule has 6 heteroatoms. The molecule has 2 aromatic heterocycles. The Balaban J connectivity index is 1.40. The van der Waals surface area contributed by atoms with Crippen LogP contribution in [0.4, 0.5) is 5.82 Å². The summed E-state index contributed by atoms with van der Waals surface area (Å²) in [7, 11) is 0. The first kappa shape index (κ1) is 18.8. The summed E-state index contributed by atoms with van der Waals surface area (Å²) >= 11 is 0. The van der Waals surface area contributed by atoms with Crippen molar-refractivity contribution in [2.24, 2.45) is 0 Å². The lowest BCUT2D eigenvalue weighted by molar-refractivity contribution is 0.173. The van der Waals surface area contributed by atoms with Gasteiger partial charge in [0.2, 0.25) is 0 Å². The molecule has 2 unspecified atom stereocenters. The fourth-order valence-corrected chi connectivity index (χ4v) is 3.81. The van der Waals surface area contributed by atoms with Crippen molar-refractivity contribution in [3.63, 3.8) is 0 Å². The van der Waals surface area contributed by atoms with Gasteiger partial charge in [0.15, 0.2) is 0 Å². The molecule has 3 aromatic rings. The summed E-state index contributed by atoms with van der Waals surface area (Å²) in [6, 6.07) is 10.7. The van der Waals surface area contributed by atoms with E-state index in [1.807, 2.05) is 19.1 Å². The minimum Gasteiger partial charge on any atom is -0.388 e. The lowest BCUT2D eigenvalue weighted by atomic mass is 10.0. The van der Waals surface area contributed by atoms with Gasteiger partial charge in [-0.3, -0.25) is 14.9 Å². The number of aliphatic hydroxyl groups is 1. The first-order valence-electron chi connectivity index (χ1n) is 9.99. The number of aromatic nitrogens is 3. The Hall–Kier alpha value is -2.57. The number of benzene rings is 1. The first-order chi connectivity index (χ1) is 13.7. The summed E-state index contributed by atoms with van der Waals surface area (Å²) in [6.45, 7) is 8.09. The summed E-state index contributed by atoms with van der Waals surface area (Å²) in [5, 5.41) is 9.93. The Morgan fingerprint density at radius 2 is 1.64 bits per heavy atom. The maximum atomic E-state index is 9.93. The second-order valence-electron chi connectivity index (χ2n) is 7.38. The van der Waals surface area contributed by atoms with E-state index in [0.29, 0.717) is 12.5 Å². The van der Waals surface area contributed by atoms with E-state index in [1.165, 1.54) is 5.56 Å². The van der Waals surface area contributed by atoms with Gasteiger partial charge in [0.25, 0.3) is 0 Å². The summed E-state index contributed by atoms with van der Waals surface area (Å²) < 4.78 is 0. The normalized spacial score (nSPS) is 17.6. The number of pyridine rings is 1. The zero-order valence-electron chi connectivity index (χ0n) is 16.5. The van der Waals surface area contributed by atoms with Crippen molar-refractivity contribution in [1.29, 1.82) is 0 Å². The number of rotatable bonds is 5. The van der Waals surface area contributed by atoms with Crippen molar-refractivity contribution in [2.45, 2.75) is 32.4 Å². The maximum absolute atomic E-state index is 9.93. The molecule has 28 heavy (non-hydrogen) atoms.